The Hall–Kier alpha value is -2.27. The molecule has 0 saturated carbocycles. The Morgan fingerprint density at radius 2 is 2.05 bits per heavy atom. The molecule has 2 N–H and O–H groups in total. The fourth-order valence-corrected chi connectivity index (χ4v) is 1.95. The van der Waals surface area contributed by atoms with Gasteiger partial charge in [0.05, 0.1) is 4.92 Å². The highest BCUT2D eigenvalue weighted by Gasteiger charge is 2.13. The molecule has 19 heavy (non-hydrogen) atoms. The lowest BCUT2D eigenvalue weighted by atomic mass is 10.0. The molecule has 0 saturated heterocycles. The number of pyridine rings is 1. The van der Waals surface area contributed by atoms with Gasteiger partial charge in [0.1, 0.15) is 6.20 Å². The molecule has 1 atom stereocenters. The van der Waals surface area contributed by atoms with Crippen molar-refractivity contribution in [3.8, 4) is 0 Å². The van der Waals surface area contributed by atoms with Crippen molar-refractivity contribution in [2.45, 2.75) is 19.4 Å². The number of aryl methyl sites for hydroxylation is 1. The number of nitro groups is 1. The first kappa shape index (κ1) is 13.2. The van der Waals surface area contributed by atoms with Crippen LogP contribution < -0.4 is 5.73 Å². The van der Waals surface area contributed by atoms with Crippen LogP contribution in [-0.2, 0) is 6.42 Å². The minimum Gasteiger partial charge on any atom is -0.324 e. The SMILES string of the molecule is Cc1cc(CC(N)c2ccccc2)ncc1[N+](=O)[O-]. The number of nitrogens with two attached hydrogens (primary N) is 1. The molecule has 98 valence electrons. The Morgan fingerprint density at radius 1 is 1.37 bits per heavy atom. The Kier molecular flexibility index (Phi) is 3.87. The Bertz CT molecular complexity index is 584. The molecule has 0 spiro atoms. The van der Waals surface area contributed by atoms with Crippen LogP contribution in [0.2, 0.25) is 0 Å². The van der Waals surface area contributed by atoms with Crippen molar-refractivity contribution >= 4 is 5.69 Å². The molecule has 5 heteroatoms. The molecule has 0 aliphatic carbocycles. The van der Waals surface area contributed by atoms with Crippen LogP contribution in [0.3, 0.4) is 0 Å². The highest BCUT2D eigenvalue weighted by Crippen LogP contribution is 2.20. The molecule has 2 rings (SSSR count). The first-order valence-corrected chi connectivity index (χ1v) is 5.98. The first-order valence-electron chi connectivity index (χ1n) is 5.98. The molecule has 5 nitrogen and oxygen atoms in total. The van der Waals surface area contributed by atoms with Crippen molar-refractivity contribution in [1.82, 2.24) is 4.98 Å². The van der Waals surface area contributed by atoms with Crippen molar-refractivity contribution < 1.29 is 4.92 Å². The number of rotatable bonds is 4. The molecule has 2 aromatic rings. The zero-order chi connectivity index (χ0) is 13.8. The van der Waals surface area contributed by atoms with E-state index in [9.17, 15) is 10.1 Å². The predicted octanol–water partition coefficient (Wildman–Crippen LogP) is 2.54. The zero-order valence-corrected chi connectivity index (χ0v) is 10.6. The zero-order valence-electron chi connectivity index (χ0n) is 10.6. The summed E-state index contributed by atoms with van der Waals surface area (Å²) in [5.74, 6) is 0. The van der Waals surface area contributed by atoms with Crippen LogP contribution in [-0.4, -0.2) is 9.91 Å². The fourth-order valence-electron chi connectivity index (χ4n) is 1.95. The van der Waals surface area contributed by atoms with Gasteiger partial charge < -0.3 is 5.73 Å². The molecular formula is C14H15N3O2. The summed E-state index contributed by atoms with van der Waals surface area (Å²) in [6, 6.07) is 11.3. The summed E-state index contributed by atoms with van der Waals surface area (Å²) >= 11 is 0. The number of nitrogens with zero attached hydrogens (tertiary/aromatic N) is 2. The standard InChI is InChI=1S/C14H15N3O2/c1-10-7-12(16-9-14(10)17(18)19)8-13(15)11-5-3-2-4-6-11/h2-7,9,13H,8,15H2,1H3. The summed E-state index contributed by atoms with van der Waals surface area (Å²) in [5.41, 5.74) is 8.54. The Labute approximate surface area is 111 Å². The molecule has 1 unspecified atom stereocenters. The van der Waals surface area contributed by atoms with Gasteiger partial charge in [-0.25, -0.2) is 0 Å². The molecule has 0 aliphatic rings. The fraction of sp³-hybridized carbons (Fsp3) is 0.214. The van der Waals surface area contributed by atoms with Crippen LogP contribution in [0.1, 0.15) is 22.9 Å². The van der Waals surface area contributed by atoms with E-state index in [1.54, 1.807) is 13.0 Å². The summed E-state index contributed by atoms with van der Waals surface area (Å²) in [6.07, 6.45) is 1.85. The van der Waals surface area contributed by atoms with E-state index < -0.39 is 4.92 Å². The third-order valence-electron chi connectivity index (χ3n) is 2.99. The van der Waals surface area contributed by atoms with Gasteiger partial charge >= 0.3 is 0 Å². The maximum absolute atomic E-state index is 10.7. The van der Waals surface area contributed by atoms with Gasteiger partial charge in [-0.05, 0) is 18.6 Å². The van der Waals surface area contributed by atoms with Gasteiger partial charge in [-0.15, -0.1) is 0 Å². The molecular weight excluding hydrogens is 242 g/mol. The maximum atomic E-state index is 10.7. The van der Waals surface area contributed by atoms with Crippen molar-refractivity contribution in [1.29, 1.82) is 0 Å². The summed E-state index contributed by atoms with van der Waals surface area (Å²) < 4.78 is 0. The van der Waals surface area contributed by atoms with Gasteiger partial charge in [0.25, 0.3) is 5.69 Å². The number of aromatic nitrogens is 1. The number of benzene rings is 1. The molecule has 0 fully saturated rings. The number of hydrogen-bond donors (Lipinski definition) is 1. The smallest absolute Gasteiger partial charge is 0.290 e. The van der Waals surface area contributed by atoms with Gasteiger partial charge in [0.2, 0.25) is 0 Å². The highest BCUT2D eigenvalue weighted by molar-refractivity contribution is 5.37. The average molecular weight is 257 g/mol. The monoisotopic (exact) mass is 257 g/mol. The average Bonchev–Trinajstić information content (AvgIpc) is 2.39. The molecule has 0 amide bonds. The summed E-state index contributed by atoms with van der Waals surface area (Å²) in [6.45, 7) is 1.71. The predicted molar refractivity (Wildman–Crippen MR) is 72.7 cm³/mol. The van der Waals surface area contributed by atoms with Crippen LogP contribution in [0, 0.1) is 17.0 Å². The lowest BCUT2D eigenvalue weighted by molar-refractivity contribution is -0.385. The number of hydrogen-bond acceptors (Lipinski definition) is 4. The van der Waals surface area contributed by atoms with Gasteiger partial charge in [-0.2, -0.15) is 0 Å². The normalized spacial score (nSPS) is 12.1. The van der Waals surface area contributed by atoms with E-state index in [2.05, 4.69) is 4.98 Å². The van der Waals surface area contributed by atoms with E-state index in [-0.39, 0.29) is 11.7 Å². The molecule has 0 bridgehead atoms. The van der Waals surface area contributed by atoms with E-state index in [1.165, 1.54) is 6.20 Å². The third kappa shape index (κ3) is 3.14. The second kappa shape index (κ2) is 5.58. The topological polar surface area (TPSA) is 82.0 Å². The first-order chi connectivity index (χ1) is 9.08. The molecule has 1 aromatic heterocycles. The second-order valence-electron chi connectivity index (χ2n) is 4.44. The van der Waals surface area contributed by atoms with Crippen LogP contribution in [0.5, 0.6) is 0 Å². The molecule has 1 aromatic carbocycles. The third-order valence-corrected chi connectivity index (χ3v) is 2.99. The second-order valence-corrected chi connectivity index (χ2v) is 4.44. The van der Waals surface area contributed by atoms with Crippen LogP contribution in [0.4, 0.5) is 5.69 Å². The van der Waals surface area contributed by atoms with E-state index in [0.29, 0.717) is 12.0 Å². The van der Waals surface area contributed by atoms with Gasteiger partial charge in [0, 0.05) is 23.7 Å². The Balaban J connectivity index is 2.16. The van der Waals surface area contributed by atoms with Crippen molar-refractivity contribution in [3.63, 3.8) is 0 Å². The van der Waals surface area contributed by atoms with Gasteiger partial charge in [0.15, 0.2) is 0 Å². The van der Waals surface area contributed by atoms with Gasteiger partial charge in [-0.3, -0.25) is 15.1 Å². The van der Waals surface area contributed by atoms with Crippen molar-refractivity contribution in [2.75, 3.05) is 0 Å². The minimum atomic E-state index is -0.427. The van der Waals surface area contributed by atoms with Crippen molar-refractivity contribution in [3.05, 3.63) is 69.5 Å². The summed E-state index contributed by atoms with van der Waals surface area (Å²) in [7, 11) is 0. The van der Waals surface area contributed by atoms with E-state index in [1.807, 2.05) is 30.3 Å². The summed E-state index contributed by atoms with van der Waals surface area (Å²) in [4.78, 5) is 14.4. The molecule has 0 aliphatic heterocycles. The highest BCUT2D eigenvalue weighted by atomic mass is 16.6. The Morgan fingerprint density at radius 3 is 2.63 bits per heavy atom. The van der Waals surface area contributed by atoms with E-state index >= 15 is 0 Å². The molecule has 0 radical (unpaired) electrons. The van der Waals surface area contributed by atoms with E-state index in [4.69, 9.17) is 5.73 Å². The van der Waals surface area contributed by atoms with Crippen LogP contribution >= 0.6 is 0 Å². The summed E-state index contributed by atoms with van der Waals surface area (Å²) in [5, 5.41) is 10.7. The van der Waals surface area contributed by atoms with Crippen LogP contribution in [0.25, 0.3) is 0 Å². The lowest BCUT2D eigenvalue weighted by Gasteiger charge is -2.11. The van der Waals surface area contributed by atoms with Crippen LogP contribution in [0.15, 0.2) is 42.6 Å². The van der Waals surface area contributed by atoms with Gasteiger partial charge in [-0.1, -0.05) is 30.3 Å². The molecule has 1 heterocycles. The lowest BCUT2D eigenvalue weighted by Crippen LogP contribution is -2.14. The largest absolute Gasteiger partial charge is 0.324 e. The quantitative estimate of drug-likeness (QED) is 0.674. The maximum Gasteiger partial charge on any atom is 0.290 e. The minimum absolute atomic E-state index is 0.0389. The van der Waals surface area contributed by atoms with Crippen molar-refractivity contribution in [2.24, 2.45) is 5.73 Å². The van der Waals surface area contributed by atoms with E-state index in [0.717, 1.165) is 11.3 Å².